The minimum atomic E-state index is -0.187. The number of likely N-dealkylation sites (N-methyl/N-ethyl adjacent to an activating group) is 1. The first kappa shape index (κ1) is 20.5. The number of likely N-dealkylation sites (tertiary alicyclic amines) is 1. The average molecular weight is 384 g/mol. The fourth-order valence-electron chi connectivity index (χ4n) is 3.97. The van der Waals surface area contributed by atoms with E-state index in [4.69, 9.17) is 4.98 Å². The molecule has 1 aromatic heterocycles. The lowest BCUT2D eigenvalue weighted by Crippen LogP contribution is -2.43. The zero-order valence-electron chi connectivity index (χ0n) is 16.9. The maximum Gasteiger partial charge on any atom is 0.236 e. The van der Waals surface area contributed by atoms with E-state index < -0.39 is 0 Å². The number of hydrogen-bond donors (Lipinski definition) is 0. The fourth-order valence-corrected chi connectivity index (χ4v) is 3.97. The predicted molar refractivity (Wildman–Crippen MR) is 110 cm³/mol. The van der Waals surface area contributed by atoms with Gasteiger partial charge in [0.2, 0.25) is 5.91 Å². The van der Waals surface area contributed by atoms with Crippen molar-refractivity contribution in [3.05, 3.63) is 65.2 Å². The van der Waals surface area contributed by atoms with E-state index in [-0.39, 0.29) is 11.7 Å². The minimum Gasteiger partial charge on any atom is -0.342 e. The minimum absolute atomic E-state index is 0.187. The highest BCUT2D eigenvalue weighted by Gasteiger charge is 2.25. The zero-order valence-corrected chi connectivity index (χ0v) is 16.9. The van der Waals surface area contributed by atoms with E-state index in [1.54, 1.807) is 6.07 Å². The molecule has 0 N–H and O–H groups in total. The van der Waals surface area contributed by atoms with E-state index in [0.717, 1.165) is 50.4 Å². The monoisotopic (exact) mass is 383 g/mol. The third-order valence-electron chi connectivity index (χ3n) is 5.56. The first-order chi connectivity index (χ1) is 13.6. The molecule has 0 spiro atoms. The van der Waals surface area contributed by atoms with E-state index in [2.05, 4.69) is 11.0 Å². The summed E-state index contributed by atoms with van der Waals surface area (Å²) in [6, 6.07) is 12.9. The Kier molecular flexibility index (Phi) is 7.15. The number of carbonyl (C=O) groups is 1. The maximum absolute atomic E-state index is 14.0. The summed E-state index contributed by atoms with van der Waals surface area (Å²) in [4.78, 5) is 21.4. The van der Waals surface area contributed by atoms with Crippen LogP contribution in [0.5, 0.6) is 0 Å². The van der Waals surface area contributed by atoms with E-state index >= 15 is 0 Å². The second-order valence-electron chi connectivity index (χ2n) is 7.46. The van der Waals surface area contributed by atoms with Crippen LogP contribution < -0.4 is 0 Å². The smallest absolute Gasteiger partial charge is 0.236 e. The summed E-state index contributed by atoms with van der Waals surface area (Å²) in [7, 11) is 0. The van der Waals surface area contributed by atoms with Gasteiger partial charge in [-0.25, -0.2) is 4.39 Å². The Morgan fingerprint density at radius 3 is 2.71 bits per heavy atom. The van der Waals surface area contributed by atoms with E-state index in [1.807, 2.05) is 43.0 Å². The largest absolute Gasteiger partial charge is 0.342 e. The Balaban J connectivity index is 1.66. The van der Waals surface area contributed by atoms with Crippen molar-refractivity contribution in [3.63, 3.8) is 0 Å². The molecule has 1 aromatic carbocycles. The van der Waals surface area contributed by atoms with Gasteiger partial charge in [0.05, 0.1) is 6.54 Å². The van der Waals surface area contributed by atoms with Crippen LogP contribution in [0.3, 0.4) is 0 Å². The van der Waals surface area contributed by atoms with Gasteiger partial charge in [0.25, 0.3) is 0 Å². The molecule has 150 valence electrons. The lowest BCUT2D eigenvalue weighted by atomic mass is 9.94. The number of amides is 1. The molecule has 4 nitrogen and oxygen atoms in total. The van der Waals surface area contributed by atoms with Gasteiger partial charge in [0.15, 0.2) is 0 Å². The van der Waals surface area contributed by atoms with Gasteiger partial charge in [0, 0.05) is 43.4 Å². The van der Waals surface area contributed by atoms with Crippen LogP contribution in [0.15, 0.2) is 42.5 Å². The molecule has 1 saturated heterocycles. The summed E-state index contributed by atoms with van der Waals surface area (Å²) in [6.45, 7) is 7.84. The summed E-state index contributed by atoms with van der Waals surface area (Å²) in [6.07, 6.45) is 2.64. The van der Waals surface area contributed by atoms with Crippen molar-refractivity contribution in [2.45, 2.75) is 39.0 Å². The van der Waals surface area contributed by atoms with Gasteiger partial charge >= 0.3 is 0 Å². The van der Waals surface area contributed by atoms with Gasteiger partial charge in [-0.3, -0.25) is 14.7 Å². The molecule has 0 aliphatic carbocycles. The maximum atomic E-state index is 14.0. The fraction of sp³-hybridized carbons (Fsp3) is 0.478. The molecular weight excluding hydrogens is 353 g/mol. The van der Waals surface area contributed by atoms with Gasteiger partial charge in [-0.1, -0.05) is 24.3 Å². The molecule has 1 aliphatic rings. The number of benzene rings is 1. The molecule has 5 heteroatoms. The normalized spacial score (nSPS) is 17.5. The SMILES string of the molecule is CCN(CC)C(=O)CN1CCCC(c2cccc(Cc3ccccc3F)n2)C1. The van der Waals surface area contributed by atoms with Crippen LogP contribution in [0.1, 0.15) is 49.6 Å². The number of pyridine rings is 1. The van der Waals surface area contributed by atoms with E-state index in [1.165, 1.54) is 6.07 Å². The Labute approximate surface area is 167 Å². The molecule has 0 bridgehead atoms. The van der Waals surface area contributed by atoms with Crippen molar-refractivity contribution in [2.24, 2.45) is 0 Å². The third kappa shape index (κ3) is 5.16. The summed E-state index contributed by atoms with van der Waals surface area (Å²) >= 11 is 0. The van der Waals surface area contributed by atoms with E-state index in [9.17, 15) is 9.18 Å². The van der Waals surface area contributed by atoms with E-state index in [0.29, 0.717) is 24.4 Å². The summed E-state index contributed by atoms with van der Waals surface area (Å²) in [5, 5.41) is 0. The van der Waals surface area contributed by atoms with Crippen molar-refractivity contribution in [1.29, 1.82) is 0 Å². The highest BCUT2D eigenvalue weighted by molar-refractivity contribution is 5.78. The number of aromatic nitrogens is 1. The highest BCUT2D eigenvalue weighted by atomic mass is 19.1. The molecule has 2 aromatic rings. The first-order valence-corrected chi connectivity index (χ1v) is 10.3. The number of carbonyl (C=O) groups excluding carboxylic acids is 1. The van der Waals surface area contributed by atoms with Crippen molar-refractivity contribution < 1.29 is 9.18 Å². The van der Waals surface area contributed by atoms with Crippen molar-refractivity contribution >= 4 is 5.91 Å². The van der Waals surface area contributed by atoms with Crippen molar-refractivity contribution in [1.82, 2.24) is 14.8 Å². The highest BCUT2D eigenvalue weighted by Crippen LogP contribution is 2.26. The Morgan fingerprint density at radius 2 is 1.96 bits per heavy atom. The quantitative estimate of drug-likeness (QED) is 0.728. The number of halogens is 1. The molecule has 1 unspecified atom stereocenters. The van der Waals surface area contributed by atoms with Crippen LogP contribution in [-0.2, 0) is 11.2 Å². The van der Waals surface area contributed by atoms with Gasteiger partial charge in [-0.05, 0) is 57.0 Å². The molecule has 0 saturated carbocycles. The molecule has 0 radical (unpaired) electrons. The van der Waals surface area contributed by atoms with Crippen LogP contribution in [0, 0.1) is 5.82 Å². The molecule has 28 heavy (non-hydrogen) atoms. The Bertz CT molecular complexity index is 791. The number of piperidine rings is 1. The molecular formula is C23H30FN3O. The topological polar surface area (TPSA) is 36.4 Å². The molecule has 1 amide bonds. The Hall–Kier alpha value is -2.27. The van der Waals surface area contributed by atoms with Crippen LogP contribution in [0.25, 0.3) is 0 Å². The van der Waals surface area contributed by atoms with Gasteiger partial charge in [-0.2, -0.15) is 0 Å². The van der Waals surface area contributed by atoms with Crippen molar-refractivity contribution in [2.75, 3.05) is 32.7 Å². The van der Waals surface area contributed by atoms with Crippen LogP contribution in [0.4, 0.5) is 4.39 Å². The molecule has 1 fully saturated rings. The molecule has 1 aliphatic heterocycles. The lowest BCUT2D eigenvalue weighted by Gasteiger charge is -2.33. The third-order valence-corrected chi connectivity index (χ3v) is 5.56. The molecule has 1 atom stereocenters. The summed E-state index contributed by atoms with van der Waals surface area (Å²) < 4.78 is 14.0. The zero-order chi connectivity index (χ0) is 19.9. The van der Waals surface area contributed by atoms with Gasteiger partial charge in [0.1, 0.15) is 5.82 Å². The first-order valence-electron chi connectivity index (χ1n) is 10.3. The Morgan fingerprint density at radius 1 is 1.18 bits per heavy atom. The second-order valence-corrected chi connectivity index (χ2v) is 7.46. The lowest BCUT2D eigenvalue weighted by molar-refractivity contribution is -0.132. The number of nitrogens with zero attached hydrogens (tertiary/aromatic N) is 3. The van der Waals surface area contributed by atoms with Crippen molar-refractivity contribution in [3.8, 4) is 0 Å². The summed E-state index contributed by atoms with van der Waals surface area (Å²) in [5.74, 6) is 0.333. The van der Waals surface area contributed by atoms with Crippen LogP contribution in [0.2, 0.25) is 0 Å². The molecule has 3 rings (SSSR count). The second kappa shape index (κ2) is 9.78. The summed E-state index contributed by atoms with van der Waals surface area (Å²) in [5.41, 5.74) is 2.61. The predicted octanol–water partition coefficient (Wildman–Crippen LogP) is 3.86. The standard InChI is InChI=1S/C23H30FN3O/c1-3-27(4-2)23(28)17-26-14-8-10-19(16-26)22-13-7-11-20(25-22)15-18-9-5-6-12-21(18)24/h5-7,9,11-13,19H,3-4,8,10,14-17H2,1-2H3. The number of rotatable bonds is 7. The molecule has 2 heterocycles. The van der Waals surface area contributed by atoms with Gasteiger partial charge in [-0.15, -0.1) is 0 Å². The van der Waals surface area contributed by atoms with Crippen LogP contribution in [-0.4, -0.2) is 53.4 Å². The number of hydrogen-bond acceptors (Lipinski definition) is 3. The van der Waals surface area contributed by atoms with Gasteiger partial charge < -0.3 is 4.90 Å². The van der Waals surface area contributed by atoms with Crippen LogP contribution >= 0.6 is 0 Å². The average Bonchev–Trinajstić information content (AvgIpc) is 2.71.